The third-order valence-corrected chi connectivity index (χ3v) is 16.3. The van der Waals surface area contributed by atoms with Crippen molar-refractivity contribution in [3.05, 3.63) is 324 Å². The number of benzene rings is 15. The molecule has 0 saturated carbocycles. The summed E-state index contributed by atoms with van der Waals surface area (Å²) in [5.41, 5.74) is 16.3. The van der Waals surface area contributed by atoms with E-state index in [0.29, 0.717) is 0 Å². The minimum absolute atomic E-state index is 0.0462. The highest BCUT2D eigenvalue weighted by atomic mass is 16.6. The molecule has 0 bridgehead atoms. The zero-order chi connectivity index (χ0) is 56.7. The van der Waals surface area contributed by atoms with Crippen LogP contribution in [0, 0.1) is 20.2 Å². The SMILES string of the molecule is O=[N+]([O-])c1ccc(-c2c3ccccc3c(-c3ccc([N+](=O)[O-])cc3)c3ccccc23)cc1.c1ccc(-c2ccc(-c3c4ccccc4c(-c4c5ccccc5c(-c5ccc(-c6ccccc6)cc5)c5ccccc45)c4ccccc34)cc2)cc1. The third kappa shape index (κ3) is 9.05. The van der Waals surface area contributed by atoms with Crippen LogP contribution < -0.4 is 0 Å². The van der Waals surface area contributed by atoms with Crippen LogP contribution in [0.4, 0.5) is 11.4 Å². The standard InChI is InChI=1S/C52H34.C26H16N2O4/c1-3-15-35(16-4-1)37-27-31-39(32-28-37)49-41-19-7-11-23-45(41)51(46-24-12-8-20-42(46)49)52-47-25-13-9-21-43(47)50(44-22-10-14-26-48(44)52)40-33-29-38(30-34-40)36-17-5-2-6-18-36;29-27(30)19-13-9-17(10-14-19)25-21-5-1-2-6-22(21)26(24-8-4-3-7-23(24)25)18-11-15-20(16-12-18)28(31)32/h1-34H;1-16H. The molecule has 0 saturated heterocycles. The zero-order valence-corrected chi connectivity index (χ0v) is 45.4. The first-order valence-electron chi connectivity index (χ1n) is 28.0. The van der Waals surface area contributed by atoms with Crippen molar-refractivity contribution in [1.29, 1.82) is 0 Å². The Balaban J connectivity index is 0.000000168. The molecule has 0 atom stereocenters. The largest absolute Gasteiger partial charge is 0.269 e. The van der Waals surface area contributed by atoms with Crippen LogP contribution in [0.5, 0.6) is 0 Å². The normalized spacial score (nSPS) is 11.3. The van der Waals surface area contributed by atoms with Gasteiger partial charge in [-0.15, -0.1) is 0 Å². The molecular weight excluding hydrogens is 1030 g/mol. The minimum Gasteiger partial charge on any atom is -0.258 e. The zero-order valence-electron chi connectivity index (χ0n) is 45.4. The van der Waals surface area contributed by atoms with Crippen LogP contribution in [0.15, 0.2) is 303 Å². The fourth-order valence-electron chi connectivity index (χ4n) is 12.6. The molecule has 0 heterocycles. The van der Waals surface area contributed by atoms with Gasteiger partial charge in [0.15, 0.2) is 0 Å². The number of nitro groups is 2. The van der Waals surface area contributed by atoms with Gasteiger partial charge in [-0.3, -0.25) is 20.2 Å². The number of fused-ring (bicyclic) bond motifs is 6. The Morgan fingerprint density at radius 1 is 0.167 bits per heavy atom. The molecule has 15 aromatic rings. The maximum Gasteiger partial charge on any atom is 0.269 e. The molecule has 0 aliphatic carbocycles. The Hall–Kier alpha value is -11.3. The van der Waals surface area contributed by atoms with E-state index < -0.39 is 9.85 Å². The molecule has 0 aliphatic rings. The Morgan fingerprint density at radius 3 is 0.524 bits per heavy atom. The molecule has 396 valence electrons. The van der Waals surface area contributed by atoms with Gasteiger partial charge in [0.05, 0.1) is 9.85 Å². The van der Waals surface area contributed by atoms with Gasteiger partial charge in [-0.05, 0) is 167 Å². The number of non-ortho nitro benzene ring substituents is 2. The van der Waals surface area contributed by atoms with Gasteiger partial charge in [-0.1, -0.05) is 255 Å². The van der Waals surface area contributed by atoms with Gasteiger partial charge in [-0.25, -0.2) is 0 Å². The molecular formula is C78H50N2O4. The molecule has 84 heavy (non-hydrogen) atoms. The van der Waals surface area contributed by atoms with Gasteiger partial charge in [0.1, 0.15) is 0 Å². The maximum atomic E-state index is 11.1. The summed E-state index contributed by atoms with van der Waals surface area (Å²) in [5.74, 6) is 0. The lowest BCUT2D eigenvalue weighted by molar-refractivity contribution is -0.385. The Bertz CT molecular complexity index is 4530. The van der Waals surface area contributed by atoms with Crippen LogP contribution in [-0.2, 0) is 0 Å². The lowest BCUT2D eigenvalue weighted by Gasteiger charge is -2.22. The second-order valence-electron chi connectivity index (χ2n) is 21.0. The average Bonchev–Trinajstić information content (AvgIpc) is 2.14. The van der Waals surface area contributed by atoms with Crippen LogP contribution in [0.3, 0.4) is 0 Å². The summed E-state index contributed by atoms with van der Waals surface area (Å²) in [6.45, 7) is 0. The summed E-state index contributed by atoms with van der Waals surface area (Å²) in [7, 11) is 0. The van der Waals surface area contributed by atoms with Gasteiger partial charge in [0.2, 0.25) is 0 Å². The topological polar surface area (TPSA) is 86.3 Å². The predicted molar refractivity (Wildman–Crippen MR) is 349 cm³/mol. The van der Waals surface area contributed by atoms with Crippen molar-refractivity contribution in [2.45, 2.75) is 0 Å². The monoisotopic (exact) mass is 1080 g/mol. The Kier molecular flexibility index (Phi) is 13.1. The number of rotatable bonds is 9. The first-order chi connectivity index (χ1) is 41.4. The fourth-order valence-corrected chi connectivity index (χ4v) is 12.6. The van der Waals surface area contributed by atoms with Crippen LogP contribution in [-0.4, -0.2) is 9.85 Å². The minimum atomic E-state index is -0.405. The molecule has 0 aromatic heterocycles. The molecule has 0 aliphatic heterocycles. The van der Waals surface area contributed by atoms with Crippen LogP contribution in [0.2, 0.25) is 0 Å². The first kappa shape index (κ1) is 50.9. The lowest BCUT2D eigenvalue weighted by atomic mass is 9.81. The van der Waals surface area contributed by atoms with E-state index in [1.807, 2.05) is 48.5 Å². The van der Waals surface area contributed by atoms with E-state index in [4.69, 9.17) is 0 Å². The molecule has 0 N–H and O–H groups in total. The molecule has 15 rings (SSSR count). The van der Waals surface area contributed by atoms with E-state index >= 15 is 0 Å². The van der Waals surface area contributed by atoms with Crippen LogP contribution in [0.25, 0.3) is 143 Å². The van der Waals surface area contributed by atoms with Gasteiger partial charge < -0.3 is 0 Å². The smallest absolute Gasteiger partial charge is 0.258 e. The van der Waals surface area contributed by atoms with Crippen molar-refractivity contribution < 1.29 is 9.85 Å². The van der Waals surface area contributed by atoms with Crippen molar-refractivity contribution in [1.82, 2.24) is 0 Å². The van der Waals surface area contributed by atoms with Gasteiger partial charge in [0.25, 0.3) is 11.4 Å². The average molecular weight is 1080 g/mol. The van der Waals surface area contributed by atoms with Crippen molar-refractivity contribution in [3.8, 4) is 77.9 Å². The van der Waals surface area contributed by atoms with Crippen LogP contribution >= 0.6 is 0 Å². The summed E-state index contributed by atoms with van der Waals surface area (Å²) in [6, 6.07) is 105. The second kappa shape index (κ2) is 21.6. The van der Waals surface area contributed by atoms with Crippen molar-refractivity contribution in [2.75, 3.05) is 0 Å². The van der Waals surface area contributed by atoms with Crippen molar-refractivity contribution in [3.63, 3.8) is 0 Å². The number of nitro benzene ring substituents is 2. The fraction of sp³-hybridized carbons (Fsp3) is 0. The highest BCUT2D eigenvalue weighted by Crippen LogP contribution is 2.51. The lowest BCUT2D eigenvalue weighted by Crippen LogP contribution is -1.94. The first-order valence-corrected chi connectivity index (χ1v) is 28.0. The highest BCUT2D eigenvalue weighted by molar-refractivity contribution is 6.30. The summed E-state index contributed by atoms with van der Waals surface area (Å²) in [4.78, 5) is 21.4. The molecule has 6 nitrogen and oxygen atoms in total. The number of hydrogen-bond acceptors (Lipinski definition) is 4. The van der Waals surface area contributed by atoms with Gasteiger partial charge in [0, 0.05) is 24.3 Å². The Labute approximate surface area is 484 Å². The van der Waals surface area contributed by atoms with E-state index in [1.165, 1.54) is 123 Å². The summed E-state index contributed by atoms with van der Waals surface area (Å²) >= 11 is 0. The quantitative estimate of drug-likeness (QED) is 0.0819. The van der Waals surface area contributed by atoms with Crippen LogP contribution in [0.1, 0.15) is 0 Å². The van der Waals surface area contributed by atoms with E-state index in [0.717, 1.165) is 43.8 Å². The predicted octanol–water partition coefficient (Wildman–Crippen LogP) is 21.8. The molecule has 0 radical (unpaired) electrons. The second-order valence-corrected chi connectivity index (χ2v) is 21.0. The molecule has 0 unspecified atom stereocenters. The number of nitrogens with zero attached hydrogens (tertiary/aromatic N) is 2. The van der Waals surface area contributed by atoms with Crippen molar-refractivity contribution in [2.24, 2.45) is 0 Å². The maximum absolute atomic E-state index is 11.1. The highest BCUT2D eigenvalue weighted by Gasteiger charge is 2.23. The molecule has 15 aromatic carbocycles. The van der Waals surface area contributed by atoms with E-state index in [-0.39, 0.29) is 11.4 Å². The summed E-state index contributed by atoms with van der Waals surface area (Å²) < 4.78 is 0. The van der Waals surface area contributed by atoms with Gasteiger partial charge >= 0.3 is 0 Å². The van der Waals surface area contributed by atoms with E-state index in [2.05, 4.69) is 206 Å². The summed E-state index contributed by atoms with van der Waals surface area (Å²) in [6.07, 6.45) is 0. The Morgan fingerprint density at radius 2 is 0.321 bits per heavy atom. The van der Waals surface area contributed by atoms with Crippen molar-refractivity contribution >= 4 is 76.0 Å². The molecule has 0 amide bonds. The van der Waals surface area contributed by atoms with E-state index in [9.17, 15) is 20.2 Å². The number of hydrogen-bond donors (Lipinski definition) is 0. The molecule has 6 heteroatoms. The summed E-state index contributed by atoms with van der Waals surface area (Å²) in [5, 5.41) is 36.3. The third-order valence-electron chi connectivity index (χ3n) is 16.3. The molecule has 0 fully saturated rings. The van der Waals surface area contributed by atoms with E-state index in [1.54, 1.807) is 24.3 Å². The van der Waals surface area contributed by atoms with Gasteiger partial charge in [-0.2, -0.15) is 0 Å². The molecule has 0 spiro atoms.